The van der Waals surface area contributed by atoms with Gasteiger partial charge >= 0.3 is 0 Å². The highest BCUT2D eigenvalue weighted by molar-refractivity contribution is 9.09. The maximum absolute atomic E-state index is 6.58. The molecule has 0 bridgehead atoms. The fraction of sp³-hybridized carbons (Fsp3) is 0.212. The Labute approximate surface area is 228 Å². The van der Waals surface area contributed by atoms with E-state index < -0.39 is 0 Å². The van der Waals surface area contributed by atoms with Crippen molar-refractivity contribution in [2.45, 2.75) is 38.1 Å². The minimum atomic E-state index is -0.341. The lowest BCUT2D eigenvalue weighted by molar-refractivity contribution is -0.130. The molecule has 0 aromatic heterocycles. The van der Waals surface area contributed by atoms with Gasteiger partial charge in [-0.15, -0.1) is 0 Å². The van der Waals surface area contributed by atoms with Gasteiger partial charge in [0.15, 0.2) is 0 Å². The van der Waals surface area contributed by atoms with E-state index in [0.29, 0.717) is 25.2 Å². The van der Waals surface area contributed by atoms with E-state index in [0.717, 1.165) is 22.3 Å². The maximum Gasteiger partial charge on any atom is 0.115 e. The van der Waals surface area contributed by atoms with Crippen molar-refractivity contribution < 1.29 is 14.2 Å². The van der Waals surface area contributed by atoms with Crippen LogP contribution in [0.2, 0.25) is 0 Å². The molecule has 0 aliphatic rings. The molecule has 0 radical (unpaired) electrons. The maximum atomic E-state index is 6.58. The Kier molecular flexibility index (Phi) is 11.2. The van der Waals surface area contributed by atoms with Crippen LogP contribution in [0.15, 0.2) is 127 Å². The molecule has 0 amide bonds. The lowest BCUT2D eigenvalue weighted by atomic mass is 10.1. The van der Waals surface area contributed by atoms with E-state index in [2.05, 4.69) is 76.6 Å². The van der Waals surface area contributed by atoms with Crippen molar-refractivity contribution in [2.75, 3.05) is 5.33 Å². The van der Waals surface area contributed by atoms with Crippen molar-refractivity contribution in [3.8, 4) is 0 Å². The normalized spacial score (nSPS) is 13.9. The van der Waals surface area contributed by atoms with Crippen LogP contribution in [-0.2, 0) is 34.0 Å². The summed E-state index contributed by atoms with van der Waals surface area (Å²) in [6, 6.07) is 40.9. The first-order chi connectivity index (χ1) is 18.3. The highest BCUT2D eigenvalue weighted by Gasteiger charge is 2.30. The molecule has 4 aromatic carbocycles. The van der Waals surface area contributed by atoms with Gasteiger partial charge in [-0.1, -0.05) is 149 Å². The lowest BCUT2D eigenvalue weighted by Crippen LogP contribution is -2.42. The predicted molar refractivity (Wildman–Crippen MR) is 154 cm³/mol. The standard InChI is InChI=1S/C33H33BrO3/c34-23-32(36-25-29-17-9-3-10-18-29)33(37-26-30-19-11-4-12-20-30)31(22-21-27-13-5-1-6-14-27)35-24-28-15-7-2-8-16-28/h1-22,31-33H,23-26H2/b22-21+/t31-,32+,33+/m0/s1. The summed E-state index contributed by atoms with van der Waals surface area (Å²) >= 11 is 3.69. The second-order valence-electron chi connectivity index (χ2n) is 8.78. The zero-order valence-electron chi connectivity index (χ0n) is 20.9. The first kappa shape index (κ1) is 27.0. The molecule has 3 nitrogen and oxygen atoms in total. The molecule has 0 spiro atoms. The average Bonchev–Trinajstić information content (AvgIpc) is 2.97. The van der Waals surface area contributed by atoms with Gasteiger partial charge in [-0.05, 0) is 22.3 Å². The van der Waals surface area contributed by atoms with Gasteiger partial charge in [0.1, 0.15) is 12.2 Å². The van der Waals surface area contributed by atoms with E-state index in [9.17, 15) is 0 Å². The highest BCUT2D eigenvalue weighted by atomic mass is 79.9. The van der Waals surface area contributed by atoms with Crippen LogP contribution in [0.1, 0.15) is 22.3 Å². The van der Waals surface area contributed by atoms with Crippen molar-refractivity contribution >= 4 is 22.0 Å². The molecule has 4 rings (SSSR count). The van der Waals surface area contributed by atoms with Gasteiger partial charge in [0.2, 0.25) is 0 Å². The van der Waals surface area contributed by atoms with Crippen LogP contribution in [0.25, 0.3) is 6.08 Å². The van der Waals surface area contributed by atoms with Crippen LogP contribution in [0, 0.1) is 0 Å². The molecular weight excluding hydrogens is 524 g/mol. The molecular formula is C33H33BrO3. The molecule has 37 heavy (non-hydrogen) atoms. The summed E-state index contributed by atoms with van der Waals surface area (Å²) < 4.78 is 19.5. The van der Waals surface area contributed by atoms with Crippen LogP contribution in [0.5, 0.6) is 0 Å². The van der Waals surface area contributed by atoms with Crippen LogP contribution >= 0.6 is 15.9 Å². The summed E-state index contributed by atoms with van der Waals surface area (Å²) in [6.07, 6.45) is 3.28. The molecule has 3 atom stereocenters. The molecule has 0 saturated carbocycles. The molecule has 0 fully saturated rings. The molecule has 0 heterocycles. The van der Waals surface area contributed by atoms with Crippen LogP contribution in [0.3, 0.4) is 0 Å². The molecule has 4 heteroatoms. The Morgan fingerprint density at radius 2 is 0.973 bits per heavy atom. The zero-order valence-corrected chi connectivity index (χ0v) is 22.5. The van der Waals surface area contributed by atoms with E-state index in [4.69, 9.17) is 14.2 Å². The first-order valence-corrected chi connectivity index (χ1v) is 13.7. The van der Waals surface area contributed by atoms with E-state index in [-0.39, 0.29) is 18.3 Å². The topological polar surface area (TPSA) is 27.7 Å². The second-order valence-corrected chi connectivity index (χ2v) is 9.43. The second kappa shape index (κ2) is 15.3. The number of rotatable bonds is 14. The van der Waals surface area contributed by atoms with Gasteiger partial charge < -0.3 is 14.2 Å². The Morgan fingerprint density at radius 1 is 0.541 bits per heavy atom. The van der Waals surface area contributed by atoms with E-state index in [1.54, 1.807) is 0 Å². The van der Waals surface area contributed by atoms with Gasteiger partial charge in [0, 0.05) is 5.33 Å². The molecule has 190 valence electrons. The average molecular weight is 558 g/mol. The molecule has 0 aliphatic heterocycles. The van der Waals surface area contributed by atoms with Crippen molar-refractivity contribution in [1.29, 1.82) is 0 Å². The number of benzene rings is 4. The summed E-state index contributed by atoms with van der Waals surface area (Å²) in [4.78, 5) is 0. The Morgan fingerprint density at radius 3 is 1.46 bits per heavy atom. The zero-order chi connectivity index (χ0) is 25.5. The summed E-state index contributed by atoms with van der Waals surface area (Å²) in [5.74, 6) is 0. The Hall–Kier alpha value is -3.02. The third kappa shape index (κ3) is 9.10. The fourth-order valence-electron chi connectivity index (χ4n) is 3.98. The summed E-state index contributed by atoms with van der Waals surface area (Å²) in [5, 5.41) is 0.615. The lowest BCUT2D eigenvalue weighted by Gasteiger charge is -2.32. The van der Waals surface area contributed by atoms with Crippen molar-refractivity contribution in [3.05, 3.63) is 150 Å². The van der Waals surface area contributed by atoms with E-state index in [1.807, 2.05) is 72.8 Å². The van der Waals surface area contributed by atoms with E-state index in [1.165, 1.54) is 0 Å². The van der Waals surface area contributed by atoms with Crippen molar-refractivity contribution in [2.24, 2.45) is 0 Å². The smallest absolute Gasteiger partial charge is 0.115 e. The minimum Gasteiger partial charge on any atom is -0.370 e. The number of hydrogen-bond acceptors (Lipinski definition) is 3. The third-order valence-electron chi connectivity index (χ3n) is 6.00. The van der Waals surface area contributed by atoms with Gasteiger partial charge in [-0.2, -0.15) is 0 Å². The monoisotopic (exact) mass is 556 g/mol. The number of alkyl halides is 1. The molecule has 0 saturated heterocycles. The van der Waals surface area contributed by atoms with Gasteiger partial charge in [-0.25, -0.2) is 0 Å². The number of ether oxygens (including phenoxy) is 3. The third-order valence-corrected chi connectivity index (χ3v) is 6.64. The summed E-state index contributed by atoms with van der Waals surface area (Å²) in [5.41, 5.74) is 4.45. The molecule has 4 aromatic rings. The van der Waals surface area contributed by atoms with Crippen molar-refractivity contribution in [1.82, 2.24) is 0 Å². The Balaban J connectivity index is 1.58. The molecule has 0 aliphatic carbocycles. The SMILES string of the molecule is BrC[C@@H](OCc1ccccc1)[C@H](OCc1ccccc1)[C@H](/C=C/c1ccccc1)OCc1ccccc1. The Bertz CT molecular complexity index is 1170. The highest BCUT2D eigenvalue weighted by Crippen LogP contribution is 2.21. The largest absolute Gasteiger partial charge is 0.370 e. The van der Waals surface area contributed by atoms with Crippen LogP contribution < -0.4 is 0 Å². The number of hydrogen-bond donors (Lipinski definition) is 0. The quantitative estimate of drug-likeness (QED) is 0.148. The fourth-order valence-corrected chi connectivity index (χ4v) is 4.54. The first-order valence-electron chi connectivity index (χ1n) is 12.6. The summed E-state index contributed by atoms with van der Waals surface area (Å²) in [7, 11) is 0. The molecule has 0 unspecified atom stereocenters. The van der Waals surface area contributed by atoms with E-state index >= 15 is 0 Å². The van der Waals surface area contributed by atoms with Gasteiger partial charge in [-0.3, -0.25) is 0 Å². The number of halogens is 1. The van der Waals surface area contributed by atoms with Crippen molar-refractivity contribution in [3.63, 3.8) is 0 Å². The minimum absolute atomic E-state index is 0.231. The molecule has 0 N–H and O–H groups in total. The summed E-state index contributed by atoms with van der Waals surface area (Å²) in [6.45, 7) is 1.44. The van der Waals surface area contributed by atoms with Crippen LogP contribution in [0.4, 0.5) is 0 Å². The van der Waals surface area contributed by atoms with Gasteiger partial charge in [0.25, 0.3) is 0 Å². The van der Waals surface area contributed by atoms with Crippen LogP contribution in [-0.4, -0.2) is 23.6 Å². The van der Waals surface area contributed by atoms with Gasteiger partial charge in [0.05, 0.1) is 25.9 Å². The predicted octanol–water partition coefficient (Wildman–Crippen LogP) is 7.85.